The van der Waals surface area contributed by atoms with Crippen molar-refractivity contribution in [3.8, 4) is 0 Å². The van der Waals surface area contributed by atoms with Crippen molar-refractivity contribution in [1.29, 1.82) is 0 Å². The first kappa shape index (κ1) is 23.4. The van der Waals surface area contributed by atoms with Crippen molar-refractivity contribution in [2.75, 3.05) is 6.54 Å². The Hall–Kier alpha value is -2.24. The molecule has 160 valence electrons. The maximum absolute atomic E-state index is 15.2. The average Bonchev–Trinajstić information content (AvgIpc) is 2.83. The fourth-order valence-electron chi connectivity index (χ4n) is 3.74. The third kappa shape index (κ3) is 5.16. The van der Waals surface area contributed by atoms with E-state index in [4.69, 9.17) is 0 Å². The summed E-state index contributed by atoms with van der Waals surface area (Å²) >= 11 is 0. The van der Waals surface area contributed by atoms with Gasteiger partial charge in [-0.15, -0.1) is 0 Å². The first-order valence-electron chi connectivity index (χ1n) is 10.8. The highest BCUT2D eigenvalue weighted by molar-refractivity contribution is 7.86. The minimum Gasteiger partial charge on any atom is -0.296 e. The summed E-state index contributed by atoms with van der Waals surface area (Å²) < 4.78 is 17.5. The smallest absolute Gasteiger partial charge is 0.210 e. The molecule has 1 atom stereocenters. The van der Waals surface area contributed by atoms with Gasteiger partial charge in [-0.1, -0.05) is 111 Å². The number of nitrogens with zero attached hydrogens (tertiary/aromatic N) is 1. The predicted octanol–water partition coefficient (Wildman–Crippen LogP) is 6.83. The summed E-state index contributed by atoms with van der Waals surface area (Å²) in [6, 6.07) is 31.0. The van der Waals surface area contributed by atoms with Gasteiger partial charge in [0.2, 0.25) is 7.29 Å². The molecule has 0 aliphatic heterocycles. The van der Waals surface area contributed by atoms with E-state index in [0.717, 1.165) is 17.0 Å². The predicted molar refractivity (Wildman–Crippen MR) is 138 cm³/mol. The molecule has 0 heterocycles. The molecule has 3 rings (SSSR count). The fraction of sp³-hybridized carbons (Fsp3) is 0.185. The summed E-state index contributed by atoms with van der Waals surface area (Å²) in [6.07, 6.45) is 6.99. The van der Waals surface area contributed by atoms with Crippen molar-refractivity contribution in [2.24, 2.45) is 0 Å². The lowest BCUT2D eigenvalue weighted by atomic mass is 10.4. The molecule has 0 fully saturated rings. The normalized spacial score (nSPS) is 14.3. The standard InChI is InChI=1S/C27H31NOP2/c1-4-16-26(17-5-2)31(29,27-22-14-9-15-23-27)28(6-3)30(24-18-10-7-11-19-24)25-20-12-8-13-21-25/h4,7-23H,5-6H2,1-3H3/b16-4-,26-17+. The SMILES string of the molecule is C/C=C\C(=C/CC)P(=O)(c1ccccc1)N(CC)P(c1ccccc1)c1ccccc1. The molecule has 0 spiro atoms. The zero-order chi connectivity index (χ0) is 22.1. The van der Waals surface area contributed by atoms with Gasteiger partial charge in [0.15, 0.2) is 0 Å². The van der Waals surface area contributed by atoms with E-state index in [2.05, 4.69) is 72.9 Å². The lowest BCUT2D eigenvalue weighted by molar-refractivity contribution is 0.552. The van der Waals surface area contributed by atoms with Crippen molar-refractivity contribution in [2.45, 2.75) is 27.2 Å². The first-order chi connectivity index (χ1) is 15.2. The maximum Gasteiger partial charge on any atom is 0.210 e. The quantitative estimate of drug-likeness (QED) is 0.265. The van der Waals surface area contributed by atoms with Crippen molar-refractivity contribution in [1.82, 2.24) is 4.44 Å². The lowest BCUT2D eigenvalue weighted by Crippen LogP contribution is -2.30. The number of rotatable bonds is 9. The van der Waals surface area contributed by atoms with Crippen LogP contribution in [-0.4, -0.2) is 11.0 Å². The van der Waals surface area contributed by atoms with Gasteiger partial charge in [0.1, 0.15) is 0 Å². The Balaban J connectivity index is 2.30. The molecule has 3 aromatic rings. The summed E-state index contributed by atoms with van der Waals surface area (Å²) in [5.74, 6) is 0. The Bertz CT molecular complexity index is 1010. The van der Waals surface area contributed by atoms with Gasteiger partial charge in [-0.25, -0.2) is 4.44 Å². The molecule has 0 N–H and O–H groups in total. The van der Waals surface area contributed by atoms with E-state index in [-0.39, 0.29) is 0 Å². The van der Waals surface area contributed by atoms with Crippen molar-refractivity contribution in [3.05, 3.63) is 115 Å². The average molecular weight is 447 g/mol. The maximum atomic E-state index is 15.2. The topological polar surface area (TPSA) is 20.3 Å². The van der Waals surface area contributed by atoms with E-state index in [0.29, 0.717) is 6.54 Å². The molecule has 0 saturated heterocycles. The summed E-state index contributed by atoms with van der Waals surface area (Å²) in [7, 11) is -4.06. The van der Waals surface area contributed by atoms with Crippen LogP contribution in [0.2, 0.25) is 0 Å². The molecule has 2 nitrogen and oxygen atoms in total. The van der Waals surface area contributed by atoms with Gasteiger partial charge >= 0.3 is 0 Å². The van der Waals surface area contributed by atoms with Crippen LogP contribution in [0.5, 0.6) is 0 Å². The highest BCUT2D eigenvalue weighted by Crippen LogP contribution is 2.65. The van der Waals surface area contributed by atoms with Gasteiger partial charge < -0.3 is 0 Å². The van der Waals surface area contributed by atoms with Crippen LogP contribution >= 0.6 is 15.4 Å². The molecule has 0 saturated carbocycles. The second-order valence-electron chi connectivity index (χ2n) is 7.12. The van der Waals surface area contributed by atoms with Crippen molar-refractivity contribution >= 4 is 31.3 Å². The van der Waals surface area contributed by atoms with Gasteiger partial charge in [0, 0.05) is 25.2 Å². The number of hydrogen-bond donors (Lipinski definition) is 0. The number of allylic oxidation sites excluding steroid dienone is 4. The summed E-state index contributed by atoms with van der Waals surface area (Å²) in [6.45, 7) is 6.90. The van der Waals surface area contributed by atoms with Crippen LogP contribution < -0.4 is 15.9 Å². The molecule has 0 bridgehead atoms. The van der Waals surface area contributed by atoms with Crippen LogP contribution in [0.4, 0.5) is 0 Å². The van der Waals surface area contributed by atoms with Gasteiger partial charge in [0.05, 0.1) is 0 Å². The molecule has 0 aliphatic rings. The minimum absolute atomic E-state index is 0.681. The lowest BCUT2D eigenvalue weighted by Gasteiger charge is -2.38. The second kappa shape index (κ2) is 11.4. The zero-order valence-electron chi connectivity index (χ0n) is 18.6. The summed E-state index contributed by atoms with van der Waals surface area (Å²) in [5.41, 5.74) is 0. The van der Waals surface area contributed by atoms with E-state index in [1.165, 1.54) is 10.6 Å². The van der Waals surface area contributed by atoms with Gasteiger partial charge in [-0.05, 0) is 36.1 Å². The van der Waals surface area contributed by atoms with Crippen LogP contribution in [0.1, 0.15) is 27.2 Å². The highest BCUT2D eigenvalue weighted by Gasteiger charge is 2.40. The molecule has 3 aromatic carbocycles. The molecular formula is C27H31NOP2. The number of hydrogen-bond acceptors (Lipinski definition) is 1. The summed E-state index contributed by atoms with van der Waals surface area (Å²) in [4.78, 5) is 0. The Morgan fingerprint density at radius 2 is 1.32 bits per heavy atom. The van der Waals surface area contributed by atoms with Crippen molar-refractivity contribution in [3.63, 3.8) is 0 Å². The second-order valence-corrected chi connectivity index (χ2v) is 12.2. The molecular weight excluding hydrogens is 416 g/mol. The fourth-order valence-corrected chi connectivity index (χ4v) is 10.6. The Labute approximate surface area is 188 Å². The van der Waals surface area contributed by atoms with E-state index < -0.39 is 15.4 Å². The molecule has 0 aromatic heterocycles. The number of benzene rings is 3. The minimum atomic E-state index is -3.08. The summed E-state index contributed by atoms with van der Waals surface area (Å²) in [5, 5.41) is 4.20. The van der Waals surface area contributed by atoms with Gasteiger partial charge in [0.25, 0.3) is 0 Å². The third-order valence-electron chi connectivity index (χ3n) is 5.05. The molecule has 4 heteroatoms. The Kier molecular flexibility index (Phi) is 8.61. The van der Waals surface area contributed by atoms with Gasteiger partial charge in [-0.2, -0.15) is 0 Å². The molecule has 31 heavy (non-hydrogen) atoms. The molecule has 0 radical (unpaired) electrons. The van der Waals surface area contributed by atoms with Crippen molar-refractivity contribution < 1.29 is 4.57 Å². The van der Waals surface area contributed by atoms with Crippen LogP contribution in [0, 0.1) is 0 Å². The zero-order valence-corrected chi connectivity index (χ0v) is 20.3. The first-order valence-corrected chi connectivity index (χ1v) is 13.8. The van der Waals surface area contributed by atoms with Gasteiger partial charge in [-0.3, -0.25) is 4.57 Å². The van der Waals surface area contributed by atoms with E-state index in [9.17, 15) is 0 Å². The third-order valence-corrected chi connectivity index (χ3v) is 11.6. The van der Waals surface area contributed by atoms with E-state index in [1.54, 1.807) is 0 Å². The van der Waals surface area contributed by atoms with E-state index in [1.807, 2.05) is 61.5 Å². The largest absolute Gasteiger partial charge is 0.296 e. The Morgan fingerprint density at radius 1 is 0.839 bits per heavy atom. The van der Waals surface area contributed by atoms with Crippen LogP contribution in [-0.2, 0) is 4.57 Å². The monoisotopic (exact) mass is 447 g/mol. The van der Waals surface area contributed by atoms with Crippen LogP contribution in [0.25, 0.3) is 0 Å². The molecule has 1 unspecified atom stereocenters. The highest BCUT2D eigenvalue weighted by atomic mass is 31.2. The molecule has 0 amide bonds. The van der Waals surface area contributed by atoms with Crippen LogP contribution in [0.15, 0.2) is 115 Å². The molecule has 0 aliphatic carbocycles. The van der Waals surface area contributed by atoms with Crippen LogP contribution in [0.3, 0.4) is 0 Å². The van der Waals surface area contributed by atoms with E-state index >= 15 is 4.57 Å². The Morgan fingerprint density at radius 3 is 1.74 bits per heavy atom.